The molecule has 0 N–H and O–H groups in total. The lowest BCUT2D eigenvalue weighted by atomic mass is 10.1. The van der Waals surface area contributed by atoms with Gasteiger partial charge in [-0.3, -0.25) is 9.69 Å². The molecule has 1 aliphatic heterocycles. The van der Waals surface area contributed by atoms with E-state index in [4.69, 9.17) is 19.3 Å². The van der Waals surface area contributed by atoms with Crippen LogP contribution < -0.4 is 14.2 Å². The number of hydrazone groups is 1. The molecule has 1 saturated heterocycles. The molecule has 1 fully saturated rings. The van der Waals surface area contributed by atoms with Crippen molar-refractivity contribution in [3.8, 4) is 17.2 Å². The van der Waals surface area contributed by atoms with Gasteiger partial charge in [-0.1, -0.05) is 60.2 Å². The number of carbonyl (C=O) groups excluding carboxylic acids is 1. The quantitative estimate of drug-likeness (QED) is 0.440. The average Bonchev–Trinajstić information content (AvgIpc) is 3.17. The minimum Gasteiger partial charge on any atom is -0.493 e. The molecule has 7 nitrogen and oxygen atoms in total. The lowest BCUT2D eigenvalue weighted by Gasteiger charge is -2.29. The predicted molar refractivity (Wildman–Crippen MR) is 136 cm³/mol. The van der Waals surface area contributed by atoms with Gasteiger partial charge in [0.05, 0.1) is 33.6 Å². The van der Waals surface area contributed by atoms with Crippen LogP contribution in [0.4, 0.5) is 0 Å². The first kappa shape index (κ1) is 24.3. The SMILES string of the molecule is COc1cc([C@@H]2N(Cc3ccccc3)CC(=O)N2/N=C(/C)c2ccc(C)cc2)cc(OC)c1OC. The van der Waals surface area contributed by atoms with Crippen molar-refractivity contribution >= 4 is 11.6 Å². The van der Waals surface area contributed by atoms with E-state index in [2.05, 4.69) is 17.0 Å². The topological polar surface area (TPSA) is 63.6 Å². The highest BCUT2D eigenvalue weighted by molar-refractivity contribution is 5.99. The number of amides is 1. The first-order valence-corrected chi connectivity index (χ1v) is 11.5. The summed E-state index contributed by atoms with van der Waals surface area (Å²) in [7, 11) is 4.74. The Kier molecular flexibility index (Phi) is 7.36. The number of rotatable bonds is 8. The molecule has 35 heavy (non-hydrogen) atoms. The molecule has 1 heterocycles. The largest absolute Gasteiger partial charge is 0.493 e. The van der Waals surface area contributed by atoms with Crippen LogP contribution >= 0.6 is 0 Å². The van der Waals surface area contributed by atoms with Crippen LogP contribution in [-0.2, 0) is 11.3 Å². The maximum absolute atomic E-state index is 13.3. The van der Waals surface area contributed by atoms with E-state index in [-0.39, 0.29) is 12.5 Å². The minimum atomic E-state index is -0.447. The third kappa shape index (κ3) is 5.15. The number of hydrogen-bond donors (Lipinski definition) is 0. The van der Waals surface area contributed by atoms with Crippen LogP contribution in [0.2, 0.25) is 0 Å². The molecule has 0 aliphatic carbocycles. The molecule has 1 aliphatic rings. The lowest BCUT2D eigenvalue weighted by Crippen LogP contribution is -2.29. The zero-order chi connectivity index (χ0) is 24.9. The van der Waals surface area contributed by atoms with E-state index in [1.807, 2.05) is 68.4 Å². The number of nitrogens with zero attached hydrogens (tertiary/aromatic N) is 3. The first-order valence-electron chi connectivity index (χ1n) is 11.5. The van der Waals surface area contributed by atoms with Crippen molar-refractivity contribution < 1.29 is 19.0 Å². The molecule has 3 aromatic rings. The van der Waals surface area contributed by atoms with Crippen LogP contribution in [0.3, 0.4) is 0 Å². The second-order valence-corrected chi connectivity index (χ2v) is 8.51. The van der Waals surface area contributed by atoms with E-state index in [0.29, 0.717) is 23.8 Å². The van der Waals surface area contributed by atoms with Gasteiger partial charge in [0.2, 0.25) is 5.75 Å². The summed E-state index contributed by atoms with van der Waals surface area (Å²) >= 11 is 0. The molecule has 0 spiro atoms. The molecule has 0 unspecified atom stereocenters. The van der Waals surface area contributed by atoms with Gasteiger partial charge < -0.3 is 14.2 Å². The highest BCUT2D eigenvalue weighted by Gasteiger charge is 2.40. The number of hydrogen-bond acceptors (Lipinski definition) is 6. The molecular weight excluding hydrogens is 442 g/mol. The first-order chi connectivity index (χ1) is 16.9. The summed E-state index contributed by atoms with van der Waals surface area (Å²) in [5.41, 5.74) is 4.83. The molecule has 3 aromatic carbocycles. The van der Waals surface area contributed by atoms with Crippen LogP contribution in [0.15, 0.2) is 71.8 Å². The predicted octanol–water partition coefficient (Wildman–Crippen LogP) is 4.79. The molecule has 4 rings (SSSR count). The van der Waals surface area contributed by atoms with Gasteiger partial charge in [-0.25, -0.2) is 5.01 Å². The third-order valence-electron chi connectivity index (χ3n) is 6.11. The summed E-state index contributed by atoms with van der Waals surface area (Å²) < 4.78 is 16.7. The molecule has 0 aromatic heterocycles. The van der Waals surface area contributed by atoms with Gasteiger partial charge in [0.1, 0.15) is 6.17 Å². The normalized spacial score (nSPS) is 16.5. The van der Waals surface area contributed by atoms with Crippen LogP contribution in [0.5, 0.6) is 17.2 Å². The molecule has 1 atom stereocenters. The molecule has 7 heteroatoms. The Morgan fingerprint density at radius 1 is 0.943 bits per heavy atom. The summed E-state index contributed by atoms with van der Waals surface area (Å²) in [6.45, 7) is 4.79. The van der Waals surface area contributed by atoms with Crippen molar-refractivity contribution in [3.63, 3.8) is 0 Å². The van der Waals surface area contributed by atoms with Gasteiger partial charge in [0.15, 0.2) is 11.5 Å². The maximum atomic E-state index is 13.3. The average molecular weight is 474 g/mol. The van der Waals surface area contributed by atoms with Crippen LogP contribution in [0, 0.1) is 6.92 Å². The summed E-state index contributed by atoms with van der Waals surface area (Å²) in [5.74, 6) is 1.48. The zero-order valence-electron chi connectivity index (χ0n) is 20.8. The lowest BCUT2D eigenvalue weighted by molar-refractivity contribution is -0.128. The van der Waals surface area contributed by atoms with Crippen molar-refractivity contribution in [3.05, 3.63) is 89.0 Å². The molecule has 0 bridgehead atoms. The van der Waals surface area contributed by atoms with Crippen molar-refractivity contribution in [1.82, 2.24) is 9.91 Å². The fraction of sp³-hybridized carbons (Fsp3) is 0.286. The molecular formula is C28H31N3O4. The number of methoxy groups -OCH3 is 3. The van der Waals surface area contributed by atoms with Gasteiger partial charge in [-0.15, -0.1) is 0 Å². The molecule has 0 radical (unpaired) electrons. The van der Waals surface area contributed by atoms with Crippen molar-refractivity contribution in [1.29, 1.82) is 0 Å². The Morgan fingerprint density at radius 3 is 2.14 bits per heavy atom. The Bertz CT molecular complexity index is 1180. The zero-order valence-corrected chi connectivity index (χ0v) is 20.8. The van der Waals surface area contributed by atoms with E-state index in [0.717, 1.165) is 22.4 Å². The molecule has 0 saturated carbocycles. The second-order valence-electron chi connectivity index (χ2n) is 8.51. The van der Waals surface area contributed by atoms with E-state index >= 15 is 0 Å². The smallest absolute Gasteiger partial charge is 0.258 e. The fourth-order valence-electron chi connectivity index (χ4n) is 4.31. The fourth-order valence-corrected chi connectivity index (χ4v) is 4.31. The highest BCUT2D eigenvalue weighted by Crippen LogP contribution is 2.43. The van der Waals surface area contributed by atoms with Crippen LogP contribution in [-0.4, -0.2) is 49.4 Å². The molecule has 1 amide bonds. The number of benzene rings is 3. The maximum Gasteiger partial charge on any atom is 0.258 e. The van der Waals surface area contributed by atoms with E-state index in [1.165, 1.54) is 5.56 Å². The monoisotopic (exact) mass is 473 g/mol. The van der Waals surface area contributed by atoms with Gasteiger partial charge in [-0.2, -0.15) is 5.10 Å². The molecule has 182 valence electrons. The third-order valence-corrected chi connectivity index (χ3v) is 6.11. The van der Waals surface area contributed by atoms with Crippen molar-refractivity contribution in [2.24, 2.45) is 5.10 Å². The van der Waals surface area contributed by atoms with E-state index in [9.17, 15) is 4.79 Å². The Morgan fingerprint density at radius 2 is 1.57 bits per heavy atom. The minimum absolute atomic E-state index is 0.0776. The summed E-state index contributed by atoms with van der Waals surface area (Å²) in [6, 6.07) is 22.0. The van der Waals surface area contributed by atoms with E-state index < -0.39 is 6.17 Å². The summed E-state index contributed by atoms with van der Waals surface area (Å²) in [4.78, 5) is 15.4. The van der Waals surface area contributed by atoms with Crippen molar-refractivity contribution in [2.45, 2.75) is 26.6 Å². The van der Waals surface area contributed by atoms with Crippen molar-refractivity contribution in [2.75, 3.05) is 27.9 Å². The Labute approximate surface area is 206 Å². The standard InChI is InChI=1S/C28H31N3O4/c1-19-11-13-22(14-12-19)20(2)29-31-26(32)18-30(17-21-9-7-6-8-10-21)28(31)23-15-24(33-3)27(35-5)25(16-23)34-4/h6-16,28H,17-18H2,1-5H3/b29-20-/t28-/m1/s1. The van der Waals surface area contributed by atoms with Crippen LogP contribution in [0.25, 0.3) is 0 Å². The highest BCUT2D eigenvalue weighted by atomic mass is 16.5. The van der Waals surface area contributed by atoms with Gasteiger partial charge in [0.25, 0.3) is 5.91 Å². The van der Waals surface area contributed by atoms with Crippen LogP contribution in [0.1, 0.15) is 35.3 Å². The van der Waals surface area contributed by atoms with E-state index in [1.54, 1.807) is 26.3 Å². The Balaban J connectivity index is 1.80. The Hall–Kier alpha value is -3.84. The second kappa shape index (κ2) is 10.6. The number of ether oxygens (including phenoxy) is 3. The van der Waals surface area contributed by atoms with Gasteiger partial charge >= 0.3 is 0 Å². The summed E-state index contributed by atoms with van der Waals surface area (Å²) in [5, 5.41) is 6.37. The summed E-state index contributed by atoms with van der Waals surface area (Å²) in [6.07, 6.45) is -0.447. The van der Waals surface area contributed by atoms with Gasteiger partial charge in [0, 0.05) is 6.54 Å². The number of carbonyl (C=O) groups is 1. The van der Waals surface area contributed by atoms with Gasteiger partial charge in [-0.05, 0) is 42.7 Å². The number of aryl methyl sites for hydroxylation is 1.